The fourth-order valence-electron chi connectivity index (χ4n) is 2.93. The van der Waals surface area contributed by atoms with Crippen LogP contribution in [0.5, 0.6) is 0 Å². The van der Waals surface area contributed by atoms with Crippen molar-refractivity contribution in [3.8, 4) is 0 Å². The van der Waals surface area contributed by atoms with Crippen molar-refractivity contribution in [3.05, 3.63) is 24.3 Å². The van der Waals surface area contributed by atoms with E-state index in [-0.39, 0.29) is 5.91 Å². The number of hydrogen-bond donors (Lipinski definition) is 0. The van der Waals surface area contributed by atoms with Gasteiger partial charge in [-0.05, 0) is 31.2 Å². The van der Waals surface area contributed by atoms with E-state index >= 15 is 0 Å². The number of nitrogens with zero attached hydrogens (tertiary/aromatic N) is 2. The number of ether oxygens (including phenoxy) is 3. The van der Waals surface area contributed by atoms with Crippen molar-refractivity contribution in [2.24, 2.45) is 0 Å². The number of rotatable bonds is 4. The lowest BCUT2D eigenvalue weighted by atomic mass is 10.2. The van der Waals surface area contributed by atoms with Crippen molar-refractivity contribution in [1.29, 1.82) is 0 Å². The molecule has 0 radical (unpaired) electrons. The third kappa shape index (κ3) is 3.83. The molecule has 2 heterocycles. The van der Waals surface area contributed by atoms with Gasteiger partial charge in [-0.25, -0.2) is 0 Å². The first-order chi connectivity index (χ1) is 11.3. The average Bonchev–Trinajstić information content (AvgIpc) is 2.64. The number of hydrogen-bond acceptors (Lipinski definition) is 5. The standard InChI is InChI=1S/C17H24N2O4/c1-2-19(17(20)16-13-22-11-12-23-16)15-5-3-14(4-6-15)18-7-9-21-10-8-18/h3-6,16H,2,7-13H2,1H3. The first-order valence-corrected chi connectivity index (χ1v) is 8.23. The number of carbonyl (C=O) groups is 1. The summed E-state index contributed by atoms with van der Waals surface area (Å²) in [7, 11) is 0. The maximum Gasteiger partial charge on any atom is 0.258 e. The van der Waals surface area contributed by atoms with E-state index in [0.717, 1.165) is 37.7 Å². The molecule has 1 aromatic carbocycles. The molecule has 2 aliphatic rings. The van der Waals surface area contributed by atoms with E-state index in [1.165, 1.54) is 0 Å². The van der Waals surface area contributed by atoms with E-state index in [2.05, 4.69) is 17.0 Å². The van der Waals surface area contributed by atoms with Crippen LogP contribution >= 0.6 is 0 Å². The third-order valence-corrected chi connectivity index (χ3v) is 4.21. The van der Waals surface area contributed by atoms with Crippen LogP contribution < -0.4 is 9.80 Å². The van der Waals surface area contributed by atoms with Gasteiger partial charge in [0.2, 0.25) is 0 Å². The molecule has 3 rings (SSSR count). The summed E-state index contributed by atoms with van der Waals surface area (Å²) < 4.78 is 16.2. The first kappa shape index (κ1) is 16.2. The molecule has 1 amide bonds. The molecule has 2 saturated heterocycles. The number of carbonyl (C=O) groups excluding carboxylic acids is 1. The normalized spacial score (nSPS) is 22.0. The molecule has 0 aliphatic carbocycles. The van der Waals surface area contributed by atoms with Crippen molar-refractivity contribution < 1.29 is 19.0 Å². The van der Waals surface area contributed by atoms with Gasteiger partial charge < -0.3 is 24.0 Å². The third-order valence-electron chi connectivity index (χ3n) is 4.21. The maximum absolute atomic E-state index is 12.6. The van der Waals surface area contributed by atoms with E-state index < -0.39 is 6.10 Å². The number of morpholine rings is 1. The zero-order valence-electron chi connectivity index (χ0n) is 13.6. The van der Waals surface area contributed by atoms with Crippen LogP contribution in [0.1, 0.15) is 6.92 Å². The Morgan fingerprint density at radius 1 is 1.13 bits per heavy atom. The molecule has 2 fully saturated rings. The van der Waals surface area contributed by atoms with Gasteiger partial charge in [-0.15, -0.1) is 0 Å². The monoisotopic (exact) mass is 320 g/mol. The highest BCUT2D eigenvalue weighted by Gasteiger charge is 2.27. The maximum atomic E-state index is 12.6. The molecule has 6 nitrogen and oxygen atoms in total. The van der Waals surface area contributed by atoms with E-state index in [1.807, 2.05) is 19.1 Å². The zero-order chi connectivity index (χ0) is 16.1. The summed E-state index contributed by atoms with van der Waals surface area (Å²) >= 11 is 0. The molecule has 0 saturated carbocycles. The Balaban J connectivity index is 1.69. The Labute approximate surface area is 136 Å². The number of anilines is 2. The summed E-state index contributed by atoms with van der Waals surface area (Å²) in [6.45, 7) is 7.29. The molecule has 0 N–H and O–H groups in total. The first-order valence-electron chi connectivity index (χ1n) is 8.23. The summed E-state index contributed by atoms with van der Waals surface area (Å²) in [5, 5.41) is 0. The van der Waals surface area contributed by atoms with Crippen LogP contribution in [0.25, 0.3) is 0 Å². The SMILES string of the molecule is CCN(C(=O)C1COCCO1)c1ccc(N2CCOCC2)cc1. The summed E-state index contributed by atoms with van der Waals surface area (Å²) in [5.41, 5.74) is 2.06. The van der Waals surface area contributed by atoms with E-state index in [1.54, 1.807) is 4.90 Å². The fraction of sp³-hybridized carbons (Fsp3) is 0.588. The Bertz CT molecular complexity index is 508. The summed E-state index contributed by atoms with van der Waals surface area (Å²) in [5.74, 6) is -0.0358. The highest BCUT2D eigenvalue weighted by molar-refractivity contribution is 5.96. The van der Waals surface area contributed by atoms with Gasteiger partial charge in [0.1, 0.15) is 0 Å². The smallest absolute Gasteiger partial charge is 0.258 e. The van der Waals surface area contributed by atoms with Gasteiger partial charge in [-0.1, -0.05) is 0 Å². The van der Waals surface area contributed by atoms with Crippen molar-refractivity contribution >= 4 is 17.3 Å². The van der Waals surface area contributed by atoms with Crippen molar-refractivity contribution in [1.82, 2.24) is 0 Å². The van der Waals surface area contributed by atoms with Crippen LogP contribution in [0.15, 0.2) is 24.3 Å². The Morgan fingerprint density at radius 2 is 1.87 bits per heavy atom. The molecule has 0 aromatic heterocycles. The zero-order valence-corrected chi connectivity index (χ0v) is 13.6. The van der Waals surface area contributed by atoms with Gasteiger partial charge in [0.05, 0.1) is 33.0 Å². The molecular formula is C17H24N2O4. The van der Waals surface area contributed by atoms with Crippen LogP contribution in [0.2, 0.25) is 0 Å². The van der Waals surface area contributed by atoms with Crippen LogP contribution in [-0.4, -0.2) is 64.7 Å². The predicted octanol–water partition coefficient (Wildman–Crippen LogP) is 1.29. The van der Waals surface area contributed by atoms with Crippen LogP contribution in [0.3, 0.4) is 0 Å². The van der Waals surface area contributed by atoms with Gasteiger partial charge in [0.15, 0.2) is 6.10 Å². The van der Waals surface area contributed by atoms with Gasteiger partial charge in [-0.2, -0.15) is 0 Å². The highest BCUT2D eigenvalue weighted by atomic mass is 16.6. The quantitative estimate of drug-likeness (QED) is 0.837. The molecule has 1 aromatic rings. The molecule has 1 atom stereocenters. The fourth-order valence-corrected chi connectivity index (χ4v) is 2.93. The van der Waals surface area contributed by atoms with Crippen LogP contribution in [0, 0.1) is 0 Å². The van der Waals surface area contributed by atoms with Gasteiger partial charge >= 0.3 is 0 Å². The van der Waals surface area contributed by atoms with Crippen LogP contribution in [0.4, 0.5) is 11.4 Å². The minimum absolute atomic E-state index is 0.0358. The minimum Gasteiger partial charge on any atom is -0.378 e. The second-order valence-electron chi connectivity index (χ2n) is 5.63. The molecule has 0 bridgehead atoms. The predicted molar refractivity (Wildman–Crippen MR) is 88.1 cm³/mol. The van der Waals surface area contributed by atoms with Crippen molar-refractivity contribution in [2.45, 2.75) is 13.0 Å². The summed E-state index contributed by atoms with van der Waals surface area (Å²) in [6, 6.07) is 8.12. The minimum atomic E-state index is -0.498. The molecule has 23 heavy (non-hydrogen) atoms. The number of likely N-dealkylation sites (N-methyl/N-ethyl adjacent to an activating group) is 1. The lowest BCUT2D eigenvalue weighted by Gasteiger charge is -2.30. The summed E-state index contributed by atoms with van der Waals surface area (Å²) in [4.78, 5) is 16.7. The summed E-state index contributed by atoms with van der Waals surface area (Å²) in [6.07, 6.45) is -0.498. The molecule has 6 heteroatoms. The number of amides is 1. The second-order valence-corrected chi connectivity index (χ2v) is 5.63. The van der Waals surface area contributed by atoms with Crippen LogP contribution in [-0.2, 0) is 19.0 Å². The van der Waals surface area contributed by atoms with Gasteiger partial charge in [-0.3, -0.25) is 4.79 Å². The van der Waals surface area contributed by atoms with E-state index in [0.29, 0.717) is 26.4 Å². The van der Waals surface area contributed by atoms with Gasteiger partial charge in [0, 0.05) is 31.0 Å². The highest BCUT2D eigenvalue weighted by Crippen LogP contribution is 2.23. The largest absolute Gasteiger partial charge is 0.378 e. The molecule has 0 spiro atoms. The number of benzene rings is 1. The van der Waals surface area contributed by atoms with E-state index in [4.69, 9.17) is 14.2 Å². The average molecular weight is 320 g/mol. The Hall–Kier alpha value is -1.63. The van der Waals surface area contributed by atoms with E-state index in [9.17, 15) is 4.79 Å². The second kappa shape index (κ2) is 7.77. The topological polar surface area (TPSA) is 51.2 Å². The van der Waals surface area contributed by atoms with Crippen molar-refractivity contribution in [3.63, 3.8) is 0 Å². The molecule has 2 aliphatic heterocycles. The Morgan fingerprint density at radius 3 is 2.48 bits per heavy atom. The molecule has 126 valence electrons. The Kier molecular flexibility index (Phi) is 5.48. The molecular weight excluding hydrogens is 296 g/mol. The lowest BCUT2D eigenvalue weighted by Crippen LogP contribution is -2.45. The lowest BCUT2D eigenvalue weighted by molar-refractivity contribution is -0.144. The van der Waals surface area contributed by atoms with Gasteiger partial charge in [0.25, 0.3) is 5.91 Å². The van der Waals surface area contributed by atoms with Crippen molar-refractivity contribution in [2.75, 3.05) is 62.5 Å². The molecule has 1 unspecified atom stereocenters.